The van der Waals surface area contributed by atoms with Gasteiger partial charge in [-0.05, 0) is 67.0 Å². The minimum Gasteiger partial charge on any atom is -0.494 e. The van der Waals surface area contributed by atoms with E-state index in [1.807, 2.05) is 19.1 Å². The van der Waals surface area contributed by atoms with Crippen molar-refractivity contribution < 1.29 is 4.74 Å². The Morgan fingerprint density at radius 3 is 2.50 bits per heavy atom. The van der Waals surface area contributed by atoms with Crippen LogP contribution in [0, 0.1) is 5.92 Å². The summed E-state index contributed by atoms with van der Waals surface area (Å²) in [5.74, 6) is 2.55. The quantitative estimate of drug-likeness (QED) is 0.292. The molecule has 0 saturated carbocycles. The third kappa shape index (κ3) is 4.45. The number of rotatable bonds is 6. The first-order chi connectivity index (χ1) is 15.7. The van der Waals surface area contributed by atoms with Gasteiger partial charge in [-0.3, -0.25) is 0 Å². The summed E-state index contributed by atoms with van der Waals surface area (Å²) >= 11 is 7.96. The maximum Gasteiger partial charge on any atom is 0.225 e. The molecule has 3 heterocycles. The largest absolute Gasteiger partial charge is 0.494 e. The zero-order valence-corrected chi connectivity index (χ0v) is 19.7. The lowest BCUT2D eigenvalue weighted by molar-refractivity contribution is 0.340. The van der Waals surface area contributed by atoms with Crippen molar-refractivity contribution in [2.24, 2.45) is 5.92 Å². The summed E-state index contributed by atoms with van der Waals surface area (Å²) < 4.78 is 5.61. The number of fused-ring (bicyclic) bond motifs is 1. The van der Waals surface area contributed by atoms with Crippen LogP contribution in [0.15, 0.2) is 60.0 Å². The van der Waals surface area contributed by atoms with Crippen LogP contribution in [0.3, 0.4) is 0 Å². The molecule has 0 unspecified atom stereocenters. The molecule has 1 saturated heterocycles. The number of halogens is 1. The van der Waals surface area contributed by atoms with Crippen molar-refractivity contribution in [2.45, 2.75) is 26.2 Å². The van der Waals surface area contributed by atoms with E-state index in [1.165, 1.54) is 5.56 Å². The smallest absolute Gasteiger partial charge is 0.225 e. The molecule has 0 amide bonds. The minimum absolute atomic E-state index is 0.319. The van der Waals surface area contributed by atoms with Gasteiger partial charge in [-0.15, -0.1) is 11.3 Å². The number of piperidine rings is 1. The first-order valence-electron chi connectivity index (χ1n) is 11.2. The second-order valence-corrected chi connectivity index (χ2v) is 9.42. The third-order valence-electron chi connectivity index (χ3n) is 6.14. The average Bonchev–Trinajstić information content (AvgIpc) is 3.24. The fourth-order valence-corrected chi connectivity index (χ4v) is 5.69. The summed E-state index contributed by atoms with van der Waals surface area (Å²) in [4.78, 5) is 12.5. The fourth-order valence-electron chi connectivity index (χ4n) is 4.53. The van der Waals surface area contributed by atoms with Crippen LogP contribution < -0.4 is 9.64 Å². The van der Waals surface area contributed by atoms with E-state index in [-0.39, 0.29) is 0 Å². The van der Waals surface area contributed by atoms with Crippen LogP contribution in [0.1, 0.15) is 25.3 Å². The Bertz CT molecular complexity index is 1190. The maximum atomic E-state index is 6.33. The van der Waals surface area contributed by atoms with Gasteiger partial charge in [0.1, 0.15) is 16.4 Å². The monoisotopic (exact) mass is 463 g/mol. The lowest BCUT2D eigenvalue weighted by Crippen LogP contribution is -2.35. The molecule has 0 radical (unpaired) electrons. The molecule has 2 aromatic carbocycles. The second-order valence-electron chi connectivity index (χ2n) is 8.22. The van der Waals surface area contributed by atoms with Crippen molar-refractivity contribution in [3.8, 4) is 16.9 Å². The number of hydrogen-bond donors (Lipinski definition) is 0. The first kappa shape index (κ1) is 21.2. The molecule has 0 N–H and O–H groups in total. The molecular weight excluding hydrogens is 438 g/mol. The van der Waals surface area contributed by atoms with E-state index in [9.17, 15) is 0 Å². The molecule has 0 aliphatic carbocycles. The highest BCUT2D eigenvalue weighted by Gasteiger charge is 2.24. The number of nitrogens with zero attached hydrogens (tertiary/aromatic N) is 3. The highest BCUT2D eigenvalue weighted by molar-refractivity contribution is 7.17. The van der Waals surface area contributed by atoms with Crippen LogP contribution in [-0.2, 0) is 6.42 Å². The predicted octanol–water partition coefficient (Wildman–Crippen LogP) is 6.87. The van der Waals surface area contributed by atoms with E-state index >= 15 is 0 Å². The number of thiophene rings is 1. The van der Waals surface area contributed by atoms with Crippen LogP contribution in [0.4, 0.5) is 5.82 Å². The molecule has 0 spiro atoms. The van der Waals surface area contributed by atoms with E-state index in [4.69, 9.17) is 21.3 Å². The van der Waals surface area contributed by atoms with Gasteiger partial charge < -0.3 is 9.64 Å². The van der Waals surface area contributed by atoms with Gasteiger partial charge in [0.2, 0.25) is 5.28 Å². The number of anilines is 1. The number of hydrogen-bond acceptors (Lipinski definition) is 5. The molecule has 4 aromatic rings. The molecule has 2 aromatic heterocycles. The van der Waals surface area contributed by atoms with E-state index in [0.717, 1.165) is 65.3 Å². The zero-order chi connectivity index (χ0) is 21.9. The van der Waals surface area contributed by atoms with E-state index < -0.39 is 0 Å². The van der Waals surface area contributed by atoms with Crippen molar-refractivity contribution in [1.29, 1.82) is 0 Å². The second kappa shape index (κ2) is 9.47. The van der Waals surface area contributed by atoms with Gasteiger partial charge in [0.15, 0.2) is 0 Å². The molecule has 164 valence electrons. The van der Waals surface area contributed by atoms with Crippen LogP contribution in [0.5, 0.6) is 5.75 Å². The lowest BCUT2D eigenvalue weighted by atomic mass is 9.90. The highest BCUT2D eigenvalue weighted by atomic mass is 35.5. The summed E-state index contributed by atoms with van der Waals surface area (Å²) in [6, 6.07) is 19.1. The lowest BCUT2D eigenvalue weighted by Gasteiger charge is -2.33. The van der Waals surface area contributed by atoms with Crippen molar-refractivity contribution in [3.05, 3.63) is 70.8 Å². The maximum absolute atomic E-state index is 6.33. The average molecular weight is 464 g/mol. The van der Waals surface area contributed by atoms with Crippen LogP contribution in [0.25, 0.3) is 21.3 Å². The molecule has 1 aliphatic rings. The third-order valence-corrected chi connectivity index (χ3v) is 7.19. The molecule has 1 fully saturated rings. The van der Waals surface area contributed by atoms with Gasteiger partial charge in [0.25, 0.3) is 0 Å². The van der Waals surface area contributed by atoms with Gasteiger partial charge in [-0.25, -0.2) is 4.98 Å². The van der Waals surface area contributed by atoms with Crippen LogP contribution in [0.2, 0.25) is 5.28 Å². The Labute approximate surface area is 197 Å². The van der Waals surface area contributed by atoms with E-state index in [0.29, 0.717) is 17.8 Å². The van der Waals surface area contributed by atoms with E-state index in [2.05, 4.69) is 57.7 Å². The zero-order valence-electron chi connectivity index (χ0n) is 18.1. The van der Waals surface area contributed by atoms with Gasteiger partial charge >= 0.3 is 0 Å². The summed E-state index contributed by atoms with van der Waals surface area (Å²) in [5.41, 5.74) is 3.73. The number of aromatic nitrogens is 2. The molecule has 5 rings (SSSR count). The molecule has 0 atom stereocenters. The van der Waals surface area contributed by atoms with Gasteiger partial charge in [-0.2, -0.15) is 4.98 Å². The Morgan fingerprint density at radius 2 is 1.78 bits per heavy atom. The fraction of sp³-hybridized carbons (Fsp3) is 0.308. The molecule has 0 bridgehead atoms. The van der Waals surface area contributed by atoms with Crippen molar-refractivity contribution in [3.63, 3.8) is 0 Å². The minimum atomic E-state index is 0.319. The molecule has 4 nitrogen and oxygen atoms in total. The normalized spacial score (nSPS) is 14.8. The standard InChI is InChI=1S/C26H26ClN3OS/c1-2-31-21-10-8-20(9-11-21)22-17-32-25-23(22)24(28-26(27)29-25)30-14-12-19(13-15-30)16-18-6-4-3-5-7-18/h3-11,17,19H,2,12-16H2,1H3. The molecular formula is C26H26ClN3OS. The van der Waals surface area contributed by atoms with Crippen LogP contribution in [-0.4, -0.2) is 29.7 Å². The topological polar surface area (TPSA) is 38.3 Å². The Kier molecular flexibility index (Phi) is 6.28. The summed E-state index contributed by atoms with van der Waals surface area (Å²) in [5, 5.41) is 3.58. The van der Waals surface area contributed by atoms with Crippen molar-refractivity contribution in [1.82, 2.24) is 9.97 Å². The van der Waals surface area contributed by atoms with Crippen LogP contribution >= 0.6 is 22.9 Å². The Hall–Kier alpha value is -2.63. The molecule has 6 heteroatoms. The number of ether oxygens (including phenoxy) is 1. The van der Waals surface area contributed by atoms with Gasteiger partial charge in [0.05, 0.1) is 12.0 Å². The molecule has 1 aliphatic heterocycles. The first-order valence-corrected chi connectivity index (χ1v) is 12.4. The Balaban J connectivity index is 1.41. The summed E-state index contributed by atoms with van der Waals surface area (Å²) in [6.07, 6.45) is 3.45. The molecule has 32 heavy (non-hydrogen) atoms. The summed E-state index contributed by atoms with van der Waals surface area (Å²) in [7, 11) is 0. The van der Waals surface area contributed by atoms with E-state index in [1.54, 1.807) is 11.3 Å². The highest BCUT2D eigenvalue weighted by Crippen LogP contribution is 2.40. The Morgan fingerprint density at radius 1 is 1.03 bits per heavy atom. The van der Waals surface area contributed by atoms with Gasteiger partial charge in [0, 0.05) is 24.0 Å². The SMILES string of the molecule is CCOc1ccc(-c2csc3nc(Cl)nc(N4CCC(Cc5ccccc5)CC4)c23)cc1. The predicted molar refractivity (Wildman–Crippen MR) is 134 cm³/mol. The van der Waals surface area contributed by atoms with Crippen molar-refractivity contribution >= 4 is 39.0 Å². The van der Waals surface area contributed by atoms with Gasteiger partial charge in [-0.1, -0.05) is 42.5 Å². The number of benzene rings is 2. The summed E-state index contributed by atoms with van der Waals surface area (Å²) in [6.45, 7) is 4.63. The van der Waals surface area contributed by atoms with Crippen molar-refractivity contribution in [2.75, 3.05) is 24.6 Å².